The predicted molar refractivity (Wildman–Crippen MR) is 85.7 cm³/mol. The van der Waals surface area contributed by atoms with Gasteiger partial charge in [0.1, 0.15) is 16.4 Å². The van der Waals surface area contributed by atoms with E-state index in [9.17, 15) is 8.42 Å². The Bertz CT molecular complexity index is 758. The Morgan fingerprint density at radius 2 is 2.00 bits per heavy atom. The Hall–Kier alpha value is -1.93. The number of aryl methyl sites for hydroxylation is 2. The molecule has 124 valence electrons. The summed E-state index contributed by atoms with van der Waals surface area (Å²) in [6, 6.07) is 3.83. The highest BCUT2D eigenvalue weighted by Gasteiger charge is 2.23. The first kappa shape index (κ1) is 15.9. The van der Waals surface area contributed by atoms with Gasteiger partial charge in [0.2, 0.25) is 10.0 Å². The lowest BCUT2D eigenvalue weighted by Crippen LogP contribution is -2.24. The molecule has 1 aliphatic heterocycles. The summed E-state index contributed by atoms with van der Waals surface area (Å²) in [7, 11) is -3.65. The van der Waals surface area contributed by atoms with Gasteiger partial charge in [-0.2, -0.15) is 0 Å². The standard InChI is InChI=1S/C15H20N4O3S/c1-11-15(12(2)22-18-11)23(20,21)17-10-13-5-6-14(16-9-13)19-7-3-4-8-19/h5-6,9,17H,3-4,7-8,10H2,1-2H3. The number of hydrogen-bond acceptors (Lipinski definition) is 6. The SMILES string of the molecule is Cc1noc(C)c1S(=O)(=O)NCc1ccc(N2CCCC2)nc1. The van der Waals surface area contributed by atoms with E-state index in [2.05, 4.69) is 19.8 Å². The van der Waals surface area contributed by atoms with Crippen molar-refractivity contribution in [3.63, 3.8) is 0 Å². The molecule has 0 radical (unpaired) electrons. The van der Waals surface area contributed by atoms with Crippen LogP contribution in [0, 0.1) is 13.8 Å². The van der Waals surface area contributed by atoms with Crippen molar-refractivity contribution < 1.29 is 12.9 Å². The van der Waals surface area contributed by atoms with Crippen LogP contribution in [0.5, 0.6) is 0 Å². The van der Waals surface area contributed by atoms with Crippen LogP contribution in [0.15, 0.2) is 27.7 Å². The van der Waals surface area contributed by atoms with Crippen LogP contribution in [0.25, 0.3) is 0 Å². The Kier molecular flexibility index (Phi) is 4.36. The number of sulfonamides is 1. The first-order valence-electron chi connectivity index (χ1n) is 7.60. The summed E-state index contributed by atoms with van der Waals surface area (Å²) in [5.74, 6) is 1.23. The second kappa shape index (κ2) is 6.29. The lowest BCUT2D eigenvalue weighted by atomic mass is 10.3. The molecule has 1 saturated heterocycles. The van der Waals surface area contributed by atoms with Crippen molar-refractivity contribution in [2.45, 2.75) is 38.1 Å². The van der Waals surface area contributed by atoms with Crippen LogP contribution >= 0.6 is 0 Å². The quantitative estimate of drug-likeness (QED) is 0.895. The normalized spacial score (nSPS) is 15.3. The highest BCUT2D eigenvalue weighted by Crippen LogP contribution is 2.20. The van der Waals surface area contributed by atoms with Crippen molar-refractivity contribution in [3.05, 3.63) is 35.3 Å². The lowest BCUT2D eigenvalue weighted by molar-refractivity contribution is 0.390. The Labute approximate surface area is 135 Å². The van der Waals surface area contributed by atoms with Crippen molar-refractivity contribution in [2.24, 2.45) is 0 Å². The Morgan fingerprint density at radius 1 is 1.26 bits per heavy atom. The highest BCUT2D eigenvalue weighted by atomic mass is 32.2. The summed E-state index contributed by atoms with van der Waals surface area (Å²) >= 11 is 0. The third-order valence-electron chi connectivity index (χ3n) is 3.94. The van der Waals surface area contributed by atoms with Crippen LogP contribution in [0.4, 0.5) is 5.82 Å². The van der Waals surface area contributed by atoms with E-state index in [1.807, 2.05) is 12.1 Å². The molecule has 0 atom stereocenters. The van der Waals surface area contributed by atoms with Crippen molar-refractivity contribution in [2.75, 3.05) is 18.0 Å². The van der Waals surface area contributed by atoms with Gasteiger partial charge >= 0.3 is 0 Å². The number of rotatable bonds is 5. The van der Waals surface area contributed by atoms with Crippen LogP contribution in [0.1, 0.15) is 29.9 Å². The monoisotopic (exact) mass is 336 g/mol. The zero-order valence-electron chi connectivity index (χ0n) is 13.2. The molecule has 8 heteroatoms. The zero-order valence-corrected chi connectivity index (χ0v) is 14.1. The summed E-state index contributed by atoms with van der Waals surface area (Å²) in [6.45, 7) is 5.44. The largest absolute Gasteiger partial charge is 0.360 e. The van der Waals surface area contributed by atoms with Crippen molar-refractivity contribution in [3.8, 4) is 0 Å². The molecule has 0 amide bonds. The maximum Gasteiger partial charge on any atom is 0.246 e. The summed E-state index contributed by atoms with van der Waals surface area (Å²) in [6.07, 6.45) is 4.10. The van der Waals surface area contributed by atoms with Gasteiger partial charge in [0, 0.05) is 25.8 Å². The number of hydrogen-bond donors (Lipinski definition) is 1. The van der Waals surface area contributed by atoms with E-state index in [0.29, 0.717) is 5.69 Å². The fourth-order valence-corrected chi connectivity index (χ4v) is 4.11. The maximum absolute atomic E-state index is 12.3. The van der Waals surface area contributed by atoms with Gasteiger partial charge in [-0.15, -0.1) is 0 Å². The molecule has 2 aromatic rings. The van der Waals surface area contributed by atoms with E-state index in [0.717, 1.165) is 24.5 Å². The fourth-order valence-electron chi connectivity index (χ4n) is 2.76. The van der Waals surface area contributed by atoms with Gasteiger partial charge in [0.25, 0.3) is 0 Å². The Morgan fingerprint density at radius 3 is 2.57 bits per heavy atom. The van der Waals surface area contributed by atoms with E-state index in [1.165, 1.54) is 12.8 Å². The van der Waals surface area contributed by atoms with Gasteiger partial charge in [-0.1, -0.05) is 11.2 Å². The number of nitrogens with zero attached hydrogens (tertiary/aromatic N) is 3. The smallest absolute Gasteiger partial charge is 0.246 e. The molecule has 0 aliphatic carbocycles. The molecule has 7 nitrogen and oxygen atoms in total. The lowest BCUT2D eigenvalue weighted by Gasteiger charge is -2.16. The molecule has 1 N–H and O–H groups in total. The molecule has 0 bridgehead atoms. The summed E-state index contributed by atoms with van der Waals surface area (Å²) in [5.41, 5.74) is 1.17. The molecule has 1 aliphatic rings. The second-order valence-corrected chi connectivity index (χ2v) is 7.40. The van der Waals surface area contributed by atoms with Gasteiger partial charge in [0.15, 0.2) is 5.76 Å². The molecule has 0 saturated carbocycles. The molecule has 3 rings (SSSR count). The molecule has 0 unspecified atom stereocenters. The minimum Gasteiger partial charge on any atom is -0.360 e. The topological polar surface area (TPSA) is 88.3 Å². The van der Waals surface area contributed by atoms with E-state index < -0.39 is 10.0 Å². The molecule has 0 spiro atoms. The predicted octanol–water partition coefficient (Wildman–Crippen LogP) is 1.77. The van der Waals surface area contributed by atoms with Gasteiger partial charge < -0.3 is 9.42 Å². The van der Waals surface area contributed by atoms with Gasteiger partial charge in [-0.25, -0.2) is 18.1 Å². The van der Waals surface area contributed by atoms with Crippen LogP contribution in [0.3, 0.4) is 0 Å². The fraction of sp³-hybridized carbons (Fsp3) is 0.467. The molecular weight excluding hydrogens is 316 g/mol. The second-order valence-electron chi connectivity index (χ2n) is 5.70. The van der Waals surface area contributed by atoms with E-state index >= 15 is 0 Å². The first-order valence-corrected chi connectivity index (χ1v) is 9.08. The molecule has 1 fully saturated rings. The van der Waals surface area contributed by atoms with Crippen LogP contribution in [-0.4, -0.2) is 31.6 Å². The van der Waals surface area contributed by atoms with Crippen LogP contribution in [0.2, 0.25) is 0 Å². The maximum atomic E-state index is 12.3. The van der Waals surface area contributed by atoms with E-state index in [-0.39, 0.29) is 17.2 Å². The number of pyridine rings is 1. The van der Waals surface area contributed by atoms with Crippen LogP contribution < -0.4 is 9.62 Å². The van der Waals surface area contributed by atoms with E-state index in [1.54, 1.807) is 20.0 Å². The average molecular weight is 336 g/mol. The number of aromatic nitrogens is 2. The molecule has 2 aromatic heterocycles. The third kappa shape index (κ3) is 3.37. The minimum atomic E-state index is -3.65. The van der Waals surface area contributed by atoms with Crippen molar-refractivity contribution in [1.29, 1.82) is 0 Å². The average Bonchev–Trinajstić information content (AvgIpc) is 3.16. The summed E-state index contributed by atoms with van der Waals surface area (Å²) in [4.78, 5) is 6.76. The van der Waals surface area contributed by atoms with Gasteiger partial charge in [0.05, 0.1) is 0 Å². The minimum absolute atomic E-state index is 0.110. The van der Waals surface area contributed by atoms with E-state index in [4.69, 9.17) is 4.52 Å². The molecule has 23 heavy (non-hydrogen) atoms. The summed E-state index contributed by atoms with van der Waals surface area (Å²) < 4.78 is 32.2. The summed E-state index contributed by atoms with van der Waals surface area (Å²) in [5, 5.41) is 3.68. The molecule has 3 heterocycles. The highest BCUT2D eigenvalue weighted by molar-refractivity contribution is 7.89. The van der Waals surface area contributed by atoms with Crippen molar-refractivity contribution >= 4 is 15.8 Å². The number of nitrogens with one attached hydrogen (secondary N) is 1. The third-order valence-corrected chi connectivity index (χ3v) is 5.59. The van der Waals surface area contributed by atoms with Crippen molar-refractivity contribution in [1.82, 2.24) is 14.9 Å². The van der Waals surface area contributed by atoms with Gasteiger partial charge in [-0.3, -0.25) is 0 Å². The first-order chi connectivity index (χ1) is 11.0. The molecular formula is C15H20N4O3S. The molecule has 0 aromatic carbocycles. The number of anilines is 1. The van der Waals surface area contributed by atoms with Crippen LogP contribution in [-0.2, 0) is 16.6 Å². The Balaban J connectivity index is 1.68. The zero-order chi connectivity index (χ0) is 16.4. The van der Waals surface area contributed by atoms with Gasteiger partial charge in [-0.05, 0) is 38.3 Å².